The first-order chi connectivity index (χ1) is 11.1. The summed E-state index contributed by atoms with van der Waals surface area (Å²) in [7, 11) is 0. The first-order valence-corrected chi connectivity index (χ1v) is 8.79. The van der Waals surface area contributed by atoms with Crippen molar-refractivity contribution in [1.82, 2.24) is 10.2 Å². The van der Waals surface area contributed by atoms with Gasteiger partial charge in [0.25, 0.3) is 0 Å². The third-order valence-corrected chi connectivity index (χ3v) is 5.47. The fraction of sp³-hybridized carbons (Fsp3) is 0.875. The summed E-state index contributed by atoms with van der Waals surface area (Å²) in [6.07, 6.45) is 7.44. The highest BCUT2D eigenvalue weighted by Crippen LogP contribution is 2.33. The first kappa shape index (κ1) is 16.2. The maximum absolute atomic E-state index is 12.5. The van der Waals surface area contributed by atoms with Crippen molar-refractivity contribution in [3.05, 3.63) is 10.1 Å². The molecule has 3 fully saturated rings. The zero-order valence-corrected chi connectivity index (χ0v) is 13.4. The summed E-state index contributed by atoms with van der Waals surface area (Å²) in [5.41, 5.74) is 0. The van der Waals surface area contributed by atoms with Gasteiger partial charge in [0.1, 0.15) is 5.92 Å². The second-order valence-electron chi connectivity index (χ2n) is 7.14. The van der Waals surface area contributed by atoms with Crippen LogP contribution in [0.4, 0.5) is 0 Å². The molecule has 128 valence electrons. The van der Waals surface area contributed by atoms with Crippen molar-refractivity contribution in [1.29, 1.82) is 0 Å². The van der Waals surface area contributed by atoms with Crippen LogP contribution in [0.5, 0.6) is 0 Å². The Balaban J connectivity index is 1.41. The third kappa shape index (κ3) is 3.82. The summed E-state index contributed by atoms with van der Waals surface area (Å²) in [6.45, 7) is 1.37. The van der Waals surface area contributed by atoms with Gasteiger partial charge in [-0.2, -0.15) is 0 Å². The number of rotatable bonds is 4. The van der Waals surface area contributed by atoms with Crippen molar-refractivity contribution in [2.75, 3.05) is 13.1 Å². The highest BCUT2D eigenvalue weighted by Gasteiger charge is 2.53. The van der Waals surface area contributed by atoms with E-state index in [1.54, 1.807) is 0 Å². The minimum atomic E-state index is -0.692. The van der Waals surface area contributed by atoms with E-state index in [-0.39, 0.29) is 28.7 Å². The van der Waals surface area contributed by atoms with Gasteiger partial charge in [0.15, 0.2) is 0 Å². The number of nitrogens with zero attached hydrogens (tertiary/aromatic N) is 2. The van der Waals surface area contributed by atoms with Gasteiger partial charge in [-0.15, -0.1) is 0 Å². The van der Waals surface area contributed by atoms with Crippen molar-refractivity contribution in [2.45, 2.75) is 63.5 Å². The van der Waals surface area contributed by atoms with E-state index >= 15 is 0 Å². The second kappa shape index (κ2) is 6.84. The molecule has 2 atom stereocenters. The Bertz CT molecular complexity index is 482. The lowest BCUT2D eigenvalue weighted by Gasteiger charge is -2.35. The highest BCUT2D eigenvalue weighted by atomic mass is 16.6. The molecule has 0 radical (unpaired) electrons. The summed E-state index contributed by atoms with van der Waals surface area (Å²) in [4.78, 5) is 36.6. The second-order valence-corrected chi connectivity index (χ2v) is 7.14. The lowest BCUT2D eigenvalue weighted by Crippen LogP contribution is -2.48. The van der Waals surface area contributed by atoms with Gasteiger partial charge in [0, 0.05) is 36.4 Å². The summed E-state index contributed by atoms with van der Waals surface area (Å²) in [5.74, 6) is -0.164. The Hall–Kier alpha value is -1.66. The largest absolute Gasteiger partial charge is 0.353 e. The Morgan fingerprint density at radius 1 is 1.04 bits per heavy atom. The Labute approximate surface area is 135 Å². The van der Waals surface area contributed by atoms with Gasteiger partial charge in [-0.3, -0.25) is 19.7 Å². The van der Waals surface area contributed by atoms with E-state index in [1.165, 1.54) is 6.42 Å². The normalized spacial score (nSPS) is 29.1. The minimum absolute atomic E-state index is 0.0471. The molecular formula is C16H25N3O4. The SMILES string of the molecule is O=C(NC1CCN(C(=O)C2CCCCC2)CC1)[C@@H]1C[C@@H]1[N+](=O)[O-]. The maximum Gasteiger partial charge on any atom is 0.230 e. The number of carbonyl (C=O) groups excluding carboxylic acids is 2. The zero-order valence-electron chi connectivity index (χ0n) is 13.4. The Morgan fingerprint density at radius 2 is 1.70 bits per heavy atom. The highest BCUT2D eigenvalue weighted by molar-refractivity contribution is 5.82. The molecule has 1 heterocycles. The predicted octanol–water partition coefficient (Wildman–Crippen LogP) is 1.34. The molecule has 0 aromatic carbocycles. The number of hydrogen-bond acceptors (Lipinski definition) is 4. The van der Waals surface area contributed by atoms with Crippen molar-refractivity contribution < 1.29 is 14.5 Å². The average molecular weight is 323 g/mol. The van der Waals surface area contributed by atoms with Crippen LogP contribution in [0.15, 0.2) is 0 Å². The van der Waals surface area contributed by atoms with Gasteiger partial charge in [-0.1, -0.05) is 19.3 Å². The molecule has 0 aromatic heterocycles. The van der Waals surface area contributed by atoms with Crippen LogP contribution in [-0.2, 0) is 9.59 Å². The number of carbonyl (C=O) groups is 2. The fourth-order valence-corrected chi connectivity index (χ4v) is 3.86. The molecule has 7 nitrogen and oxygen atoms in total. The number of amides is 2. The molecule has 0 spiro atoms. The molecule has 1 N–H and O–H groups in total. The van der Waals surface area contributed by atoms with Gasteiger partial charge in [0.05, 0.1) is 0 Å². The minimum Gasteiger partial charge on any atom is -0.353 e. The summed E-state index contributed by atoms with van der Waals surface area (Å²) in [6, 6.07) is -0.645. The van der Waals surface area contributed by atoms with Crippen molar-refractivity contribution in [3.63, 3.8) is 0 Å². The average Bonchev–Trinajstić information content (AvgIpc) is 3.37. The standard InChI is InChI=1S/C16H25N3O4/c20-15(13-10-14(13)19(22)23)17-12-6-8-18(9-7-12)16(21)11-4-2-1-3-5-11/h11-14H,1-10H2,(H,17,20)/t13-,14+/m1/s1. The van der Waals surface area contributed by atoms with Crippen molar-refractivity contribution in [2.24, 2.45) is 11.8 Å². The van der Waals surface area contributed by atoms with E-state index in [4.69, 9.17) is 0 Å². The van der Waals surface area contributed by atoms with E-state index in [0.717, 1.165) is 38.5 Å². The summed E-state index contributed by atoms with van der Waals surface area (Å²) >= 11 is 0. The molecule has 2 amide bonds. The van der Waals surface area contributed by atoms with E-state index in [1.807, 2.05) is 4.90 Å². The topological polar surface area (TPSA) is 92.6 Å². The van der Waals surface area contributed by atoms with Crippen molar-refractivity contribution in [3.8, 4) is 0 Å². The smallest absolute Gasteiger partial charge is 0.230 e. The lowest BCUT2D eigenvalue weighted by molar-refractivity contribution is -0.497. The van der Waals surface area contributed by atoms with Crippen LogP contribution in [0.25, 0.3) is 0 Å². The van der Waals surface area contributed by atoms with Crippen LogP contribution in [0.3, 0.4) is 0 Å². The summed E-state index contributed by atoms with van der Waals surface area (Å²) < 4.78 is 0. The predicted molar refractivity (Wildman–Crippen MR) is 83.2 cm³/mol. The Kier molecular flexibility index (Phi) is 4.82. The summed E-state index contributed by atoms with van der Waals surface area (Å²) in [5, 5.41) is 13.5. The van der Waals surface area contributed by atoms with Crippen LogP contribution < -0.4 is 5.32 Å². The molecule has 1 aliphatic heterocycles. The van der Waals surface area contributed by atoms with E-state index in [9.17, 15) is 19.7 Å². The lowest BCUT2D eigenvalue weighted by atomic mass is 9.87. The van der Waals surface area contributed by atoms with E-state index < -0.39 is 12.0 Å². The number of hydrogen-bond donors (Lipinski definition) is 1. The number of piperidine rings is 1. The first-order valence-electron chi connectivity index (χ1n) is 8.79. The molecular weight excluding hydrogens is 298 g/mol. The molecule has 2 saturated carbocycles. The molecule has 3 rings (SSSR count). The van der Waals surface area contributed by atoms with E-state index in [0.29, 0.717) is 19.5 Å². The molecule has 0 unspecified atom stereocenters. The van der Waals surface area contributed by atoms with Crippen LogP contribution >= 0.6 is 0 Å². The third-order valence-electron chi connectivity index (χ3n) is 5.47. The van der Waals surface area contributed by atoms with Gasteiger partial charge in [0.2, 0.25) is 17.9 Å². The molecule has 0 aromatic rings. The molecule has 2 aliphatic carbocycles. The van der Waals surface area contributed by atoms with Crippen LogP contribution in [0.1, 0.15) is 51.4 Å². The molecule has 7 heteroatoms. The van der Waals surface area contributed by atoms with Crippen molar-refractivity contribution >= 4 is 11.8 Å². The Morgan fingerprint density at radius 3 is 2.26 bits per heavy atom. The van der Waals surface area contributed by atoms with Crippen LogP contribution in [0, 0.1) is 22.0 Å². The molecule has 23 heavy (non-hydrogen) atoms. The molecule has 3 aliphatic rings. The number of nitro groups is 1. The van der Waals surface area contributed by atoms with Gasteiger partial charge in [-0.05, 0) is 25.7 Å². The number of likely N-dealkylation sites (tertiary alicyclic amines) is 1. The maximum atomic E-state index is 12.5. The van der Waals surface area contributed by atoms with Crippen LogP contribution in [0.2, 0.25) is 0 Å². The quantitative estimate of drug-likeness (QED) is 0.624. The monoisotopic (exact) mass is 323 g/mol. The fourth-order valence-electron chi connectivity index (χ4n) is 3.86. The van der Waals surface area contributed by atoms with Gasteiger partial charge < -0.3 is 10.2 Å². The zero-order chi connectivity index (χ0) is 16.4. The molecule has 1 saturated heterocycles. The van der Waals surface area contributed by atoms with Gasteiger partial charge >= 0.3 is 0 Å². The van der Waals surface area contributed by atoms with Gasteiger partial charge in [-0.25, -0.2) is 0 Å². The number of nitrogens with one attached hydrogen (secondary N) is 1. The van der Waals surface area contributed by atoms with Crippen LogP contribution in [-0.4, -0.2) is 46.8 Å². The van der Waals surface area contributed by atoms with E-state index in [2.05, 4.69) is 5.32 Å². The molecule has 0 bridgehead atoms.